The molecule has 1 aliphatic rings. The Morgan fingerprint density at radius 3 is 2.36 bits per heavy atom. The number of nitrogens with zero attached hydrogens (tertiary/aromatic N) is 2. The standard InChI is InChI=1S/C9H17N3O2/c1-4-12-7(13)5-11(8(12)14)6-9(2,3)10/h4-6,10H2,1-3H3. The van der Waals surface area contributed by atoms with Gasteiger partial charge >= 0.3 is 6.03 Å². The van der Waals surface area contributed by atoms with Crippen LogP contribution in [0.15, 0.2) is 0 Å². The van der Waals surface area contributed by atoms with Crippen LogP contribution >= 0.6 is 0 Å². The van der Waals surface area contributed by atoms with Crippen LogP contribution in [0.5, 0.6) is 0 Å². The van der Waals surface area contributed by atoms with Gasteiger partial charge in [0.15, 0.2) is 0 Å². The topological polar surface area (TPSA) is 66.6 Å². The summed E-state index contributed by atoms with van der Waals surface area (Å²) >= 11 is 0. The minimum Gasteiger partial charge on any atom is -0.324 e. The summed E-state index contributed by atoms with van der Waals surface area (Å²) in [6, 6.07) is -0.226. The average molecular weight is 199 g/mol. The van der Waals surface area contributed by atoms with E-state index in [4.69, 9.17) is 5.73 Å². The smallest absolute Gasteiger partial charge is 0.324 e. The molecule has 1 rings (SSSR count). The number of urea groups is 1. The molecule has 0 aliphatic carbocycles. The van der Waals surface area contributed by atoms with Gasteiger partial charge < -0.3 is 10.6 Å². The van der Waals surface area contributed by atoms with Gasteiger partial charge in [-0.25, -0.2) is 4.79 Å². The van der Waals surface area contributed by atoms with Gasteiger partial charge in [0.1, 0.15) is 6.54 Å². The molecule has 14 heavy (non-hydrogen) atoms. The predicted octanol–water partition coefficient (Wildman–Crippen LogP) is 0.00780. The second kappa shape index (κ2) is 3.57. The fraction of sp³-hybridized carbons (Fsp3) is 0.778. The zero-order chi connectivity index (χ0) is 10.9. The second-order valence-electron chi connectivity index (χ2n) is 4.27. The highest BCUT2D eigenvalue weighted by molar-refractivity contribution is 6.01. The van der Waals surface area contributed by atoms with Gasteiger partial charge in [-0.05, 0) is 20.8 Å². The molecule has 0 bridgehead atoms. The normalized spacial score (nSPS) is 18.3. The molecule has 0 aromatic heterocycles. The van der Waals surface area contributed by atoms with Crippen molar-refractivity contribution in [3.05, 3.63) is 0 Å². The Bertz CT molecular complexity index is 257. The third-order valence-corrected chi connectivity index (χ3v) is 2.04. The Labute approximate surface area is 83.8 Å². The van der Waals surface area contributed by atoms with Crippen LogP contribution < -0.4 is 5.73 Å². The number of hydrogen-bond acceptors (Lipinski definition) is 3. The van der Waals surface area contributed by atoms with Crippen LogP contribution in [0, 0.1) is 0 Å². The molecule has 3 amide bonds. The van der Waals surface area contributed by atoms with E-state index in [1.807, 2.05) is 13.8 Å². The van der Waals surface area contributed by atoms with Crippen LogP contribution in [0.3, 0.4) is 0 Å². The van der Waals surface area contributed by atoms with Crippen molar-refractivity contribution in [2.45, 2.75) is 26.3 Å². The molecule has 0 aromatic rings. The lowest BCUT2D eigenvalue weighted by atomic mass is 10.1. The molecule has 0 radical (unpaired) electrons. The van der Waals surface area contributed by atoms with Crippen molar-refractivity contribution >= 4 is 11.9 Å². The summed E-state index contributed by atoms with van der Waals surface area (Å²) in [5.74, 6) is -0.137. The molecule has 0 spiro atoms. The lowest BCUT2D eigenvalue weighted by Crippen LogP contribution is -2.46. The van der Waals surface area contributed by atoms with Gasteiger partial charge in [0, 0.05) is 18.6 Å². The minimum atomic E-state index is -0.459. The zero-order valence-corrected chi connectivity index (χ0v) is 8.91. The Morgan fingerprint density at radius 1 is 1.43 bits per heavy atom. The minimum absolute atomic E-state index is 0.137. The first-order valence-corrected chi connectivity index (χ1v) is 4.73. The number of rotatable bonds is 3. The molecule has 1 fully saturated rings. The molecule has 0 aromatic carbocycles. The Morgan fingerprint density at radius 2 is 2.00 bits per heavy atom. The predicted molar refractivity (Wildman–Crippen MR) is 52.6 cm³/mol. The monoisotopic (exact) mass is 199 g/mol. The summed E-state index contributed by atoms with van der Waals surface area (Å²) < 4.78 is 0. The summed E-state index contributed by atoms with van der Waals surface area (Å²) in [6.45, 7) is 6.45. The third-order valence-electron chi connectivity index (χ3n) is 2.04. The molecule has 0 unspecified atom stereocenters. The maximum Gasteiger partial charge on any atom is 0.327 e. The van der Waals surface area contributed by atoms with Crippen molar-refractivity contribution in [1.82, 2.24) is 9.80 Å². The highest BCUT2D eigenvalue weighted by atomic mass is 16.2. The van der Waals surface area contributed by atoms with Crippen LogP contribution in [0.25, 0.3) is 0 Å². The van der Waals surface area contributed by atoms with Crippen molar-refractivity contribution < 1.29 is 9.59 Å². The molecular weight excluding hydrogens is 182 g/mol. The Hall–Kier alpha value is -1.10. The summed E-state index contributed by atoms with van der Waals surface area (Å²) in [7, 11) is 0. The van der Waals surface area contributed by atoms with E-state index in [1.165, 1.54) is 9.80 Å². The first kappa shape index (κ1) is 11.0. The van der Waals surface area contributed by atoms with Crippen LogP contribution in [-0.2, 0) is 4.79 Å². The number of amides is 3. The summed E-state index contributed by atoms with van der Waals surface area (Å²) in [4.78, 5) is 25.7. The van der Waals surface area contributed by atoms with Crippen molar-refractivity contribution in [3.63, 3.8) is 0 Å². The Kier molecular flexibility index (Phi) is 2.80. The summed E-state index contributed by atoms with van der Waals surface area (Å²) in [5.41, 5.74) is 5.33. The van der Waals surface area contributed by atoms with Crippen LogP contribution in [-0.4, -0.2) is 46.9 Å². The summed E-state index contributed by atoms with van der Waals surface area (Å²) in [5, 5.41) is 0. The highest BCUT2D eigenvalue weighted by Gasteiger charge is 2.36. The first-order valence-electron chi connectivity index (χ1n) is 4.73. The lowest BCUT2D eigenvalue weighted by molar-refractivity contribution is -0.125. The van der Waals surface area contributed by atoms with Crippen molar-refractivity contribution in [1.29, 1.82) is 0 Å². The van der Waals surface area contributed by atoms with Gasteiger partial charge in [-0.3, -0.25) is 9.69 Å². The number of nitrogens with two attached hydrogens (primary N) is 1. The van der Waals surface area contributed by atoms with E-state index in [0.717, 1.165) is 0 Å². The van der Waals surface area contributed by atoms with E-state index in [0.29, 0.717) is 13.1 Å². The Balaban J connectivity index is 2.67. The SMILES string of the molecule is CCN1C(=O)CN(CC(C)(C)N)C1=O. The third kappa shape index (κ3) is 2.23. The van der Waals surface area contributed by atoms with Crippen molar-refractivity contribution in [2.24, 2.45) is 5.73 Å². The molecule has 1 heterocycles. The number of hydrogen-bond donors (Lipinski definition) is 1. The van der Waals surface area contributed by atoms with Crippen LogP contribution in [0.4, 0.5) is 4.79 Å². The molecular formula is C9H17N3O2. The largest absolute Gasteiger partial charge is 0.327 e. The van der Waals surface area contributed by atoms with E-state index in [2.05, 4.69) is 0 Å². The van der Waals surface area contributed by atoms with E-state index in [1.54, 1.807) is 6.92 Å². The number of carbonyl (C=O) groups is 2. The van der Waals surface area contributed by atoms with Gasteiger partial charge in [0.2, 0.25) is 5.91 Å². The van der Waals surface area contributed by atoms with Gasteiger partial charge in [0.05, 0.1) is 0 Å². The van der Waals surface area contributed by atoms with Crippen molar-refractivity contribution in [3.8, 4) is 0 Å². The molecule has 0 saturated carbocycles. The zero-order valence-electron chi connectivity index (χ0n) is 8.91. The molecule has 80 valence electrons. The van der Waals surface area contributed by atoms with Crippen molar-refractivity contribution in [2.75, 3.05) is 19.6 Å². The van der Waals surface area contributed by atoms with E-state index in [-0.39, 0.29) is 18.5 Å². The van der Waals surface area contributed by atoms with E-state index >= 15 is 0 Å². The first-order chi connectivity index (χ1) is 6.35. The fourth-order valence-electron chi connectivity index (χ4n) is 1.52. The maximum atomic E-state index is 11.6. The van der Waals surface area contributed by atoms with Crippen LogP contribution in [0.1, 0.15) is 20.8 Å². The average Bonchev–Trinajstić information content (AvgIpc) is 2.24. The fourth-order valence-corrected chi connectivity index (χ4v) is 1.52. The quantitative estimate of drug-likeness (QED) is 0.651. The van der Waals surface area contributed by atoms with Gasteiger partial charge in [-0.1, -0.05) is 0 Å². The molecule has 1 saturated heterocycles. The van der Waals surface area contributed by atoms with E-state index in [9.17, 15) is 9.59 Å². The molecule has 0 atom stereocenters. The number of imide groups is 1. The second-order valence-corrected chi connectivity index (χ2v) is 4.27. The van der Waals surface area contributed by atoms with Gasteiger partial charge in [-0.2, -0.15) is 0 Å². The highest BCUT2D eigenvalue weighted by Crippen LogP contribution is 2.12. The lowest BCUT2D eigenvalue weighted by Gasteiger charge is -2.25. The van der Waals surface area contributed by atoms with Gasteiger partial charge in [-0.15, -0.1) is 0 Å². The number of likely N-dealkylation sites (N-methyl/N-ethyl adjacent to an activating group) is 1. The van der Waals surface area contributed by atoms with E-state index < -0.39 is 5.54 Å². The molecule has 5 nitrogen and oxygen atoms in total. The molecule has 1 aliphatic heterocycles. The number of carbonyl (C=O) groups excluding carboxylic acids is 2. The maximum absolute atomic E-state index is 11.6. The van der Waals surface area contributed by atoms with Gasteiger partial charge in [0.25, 0.3) is 0 Å². The molecule has 5 heteroatoms. The summed E-state index contributed by atoms with van der Waals surface area (Å²) in [6.07, 6.45) is 0. The van der Waals surface area contributed by atoms with Crippen LogP contribution in [0.2, 0.25) is 0 Å². The molecule has 2 N–H and O–H groups in total.